The largest absolute Gasteiger partial charge is 0.535 e. The third kappa shape index (κ3) is 5.58. The minimum absolute atomic E-state index is 0.0593. The van der Waals surface area contributed by atoms with Crippen LogP contribution in [0.15, 0.2) is 18.2 Å². The van der Waals surface area contributed by atoms with E-state index < -0.39 is 7.12 Å². The molecule has 162 valence electrons. The van der Waals surface area contributed by atoms with Gasteiger partial charge in [-0.05, 0) is 56.7 Å². The molecule has 1 saturated carbocycles. The summed E-state index contributed by atoms with van der Waals surface area (Å²) in [4.78, 5) is 36.8. The molecule has 2 N–H and O–H groups in total. The van der Waals surface area contributed by atoms with Crippen LogP contribution in [0.1, 0.15) is 74.7 Å². The second kappa shape index (κ2) is 10.4. The van der Waals surface area contributed by atoms with Crippen molar-refractivity contribution in [2.75, 3.05) is 6.54 Å². The fourth-order valence-corrected chi connectivity index (χ4v) is 4.57. The first-order chi connectivity index (χ1) is 14.4. The van der Waals surface area contributed by atoms with E-state index in [1.165, 1.54) is 6.92 Å². The maximum absolute atomic E-state index is 12.7. The van der Waals surface area contributed by atoms with Crippen LogP contribution in [0.3, 0.4) is 0 Å². The molecule has 30 heavy (non-hydrogen) atoms. The number of hydrogen-bond donors (Lipinski definition) is 2. The van der Waals surface area contributed by atoms with Gasteiger partial charge >= 0.3 is 7.12 Å². The molecule has 1 aliphatic heterocycles. The van der Waals surface area contributed by atoms with E-state index in [-0.39, 0.29) is 41.5 Å². The van der Waals surface area contributed by atoms with Gasteiger partial charge in [0.05, 0.1) is 11.6 Å². The van der Waals surface area contributed by atoms with E-state index in [0.717, 1.165) is 37.8 Å². The maximum atomic E-state index is 12.7. The highest BCUT2D eigenvalue weighted by Gasteiger charge is 2.38. The monoisotopic (exact) mass is 413 g/mol. The zero-order valence-corrected chi connectivity index (χ0v) is 18.0. The number of carbonyl (C=O) groups excluding carboxylic acids is 3. The molecule has 1 aromatic rings. The normalized spacial score (nSPS) is 23.6. The second-order valence-electron chi connectivity index (χ2n) is 8.74. The standard InChI is InChI=1S/C23H32BNO5/c1-3-4-10-25-21-9-8-16(12-22(21)28)11-19(27)14-18-13-17-6-5-7-20(15(2)26)23(17)30-24(18)29/h5-7,16,18,21,25,29H,3-4,8-14H2,1-2H3/t16?,18-,21?/m1/s1. The van der Waals surface area contributed by atoms with Gasteiger partial charge in [-0.3, -0.25) is 14.4 Å². The predicted octanol–water partition coefficient (Wildman–Crippen LogP) is 3.15. The molecule has 2 unspecified atom stereocenters. The number of Topliss-reactive ketones (excluding diaryl/α,β-unsaturated/α-hetero) is 3. The SMILES string of the molecule is CCCCNC1CCC(CC(=O)C[C@H]2Cc3cccc(C(C)=O)c3OB2O)CC1=O. The lowest BCUT2D eigenvalue weighted by atomic mass is 9.64. The molecular weight excluding hydrogens is 381 g/mol. The summed E-state index contributed by atoms with van der Waals surface area (Å²) in [5.74, 6) is 0.340. The minimum Gasteiger partial charge on any atom is -0.535 e. The summed E-state index contributed by atoms with van der Waals surface area (Å²) < 4.78 is 5.63. The predicted molar refractivity (Wildman–Crippen MR) is 116 cm³/mol. The number of ketones is 3. The van der Waals surface area contributed by atoms with Crippen molar-refractivity contribution in [3.63, 3.8) is 0 Å². The van der Waals surface area contributed by atoms with Gasteiger partial charge in [0.15, 0.2) is 5.78 Å². The molecule has 1 aromatic carbocycles. The van der Waals surface area contributed by atoms with Crippen LogP contribution in [0, 0.1) is 5.92 Å². The van der Waals surface area contributed by atoms with E-state index in [1.807, 2.05) is 6.07 Å². The lowest BCUT2D eigenvalue weighted by Crippen LogP contribution is -2.42. The van der Waals surface area contributed by atoms with Crippen LogP contribution in [-0.2, 0) is 16.0 Å². The molecule has 0 spiro atoms. The summed E-state index contributed by atoms with van der Waals surface area (Å²) >= 11 is 0. The Morgan fingerprint density at radius 2 is 2.03 bits per heavy atom. The number of hydrogen-bond acceptors (Lipinski definition) is 6. The molecule has 7 heteroatoms. The molecule has 0 amide bonds. The van der Waals surface area contributed by atoms with Crippen molar-refractivity contribution in [2.45, 2.75) is 77.1 Å². The van der Waals surface area contributed by atoms with Crippen LogP contribution in [0.25, 0.3) is 0 Å². The van der Waals surface area contributed by atoms with Crippen LogP contribution in [-0.4, -0.2) is 42.1 Å². The average Bonchev–Trinajstić information content (AvgIpc) is 2.69. The minimum atomic E-state index is -1.11. The number of nitrogens with one attached hydrogen (secondary N) is 1. The van der Waals surface area contributed by atoms with Gasteiger partial charge < -0.3 is 15.0 Å². The molecule has 2 aliphatic rings. The van der Waals surface area contributed by atoms with Crippen molar-refractivity contribution in [1.82, 2.24) is 5.32 Å². The zero-order valence-electron chi connectivity index (χ0n) is 18.0. The van der Waals surface area contributed by atoms with Crippen molar-refractivity contribution in [3.05, 3.63) is 29.3 Å². The lowest BCUT2D eigenvalue weighted by molar-refractivity contribution is -0.125. The molecule has 3 atom stereocenters. The first-order valence-corrected chi connectivity index (χ1v) is 11.1. The molecule has 3 rings (SSSR count). The number of rotatable bonds is 9. The van der Waals surface area contributed by atoms with E-state index in [1.54, 1.807) is 12.1 Å². The number of para-hydroxylation sites is 1. The summed E-state index contributed by atoms with van der Waals surface area (Å²) in [5, 5.41) is 13.7. The summed E-state index contributed by atoms with van der Waals surface area (Å²) in [7, 11) is -1.11. The molecule has 0 saturated heterocycles. The van der Waals surface area contributed by atoms with Gasteiger partial charge in [0.25, 0.3) is 0 Å². The zero-order chi connectivity index (χ0) is 21.7. The van der Waals surface area contributed by atoms with Crippen LogP contribution < -0.4 is 9.97 Å². The highest BCUT2D eigenvalue weighted by molar-refractivity contribution is 6.47. The highest BCUT2D eigenvalue weighted by atomic mass is 16.5. The molecule has 0 bridgehead atoms. The molecule has 1 aliphatic carbocycles. The van der Waals surface area contributed by atoms with Gasteiger partial charge in [0, 0.05) is 25.1 Å². The smallest absolute Gasteiger partial charge is 0.526 e. The third-order valence-electron chi connectivity index (χ3n) is 6.27. The fraction of sp³-hybridized carbons (Fsp3) is 0.609. The van der Waals surface area contributed by atoms with Crippen LogP contribution in [0.5, 0.6) is 5.75 Å². The lowest BCUT2D eigenvalue weighted by Gasteiger charge is -2.30. The first-order valence-electron chi connectivity index (χ1n) is 11.1. The quantitative estimate of drug-likeness (QED) is 0.367. The van der Waals surface area contributed by atoms with Crippen molar-refractivity contribution in [1.29, 1.82) is 0 Å². The van der Waals surface area contributed by atoms with E-state index in [0.29, 0.717) is 30.6 Å². The molecule has 1 fully saturated rings. The number of benzene rings is 1. The van der Waals surface area contributed by atoms with Gasteiger partial charge in [-0.2, -0.15) is 0 Å². The first kappa shape index (κ1) is 22.7. The molecule has 0 radical (unpaired) electrons. The van der Waals surface area contributed by atoms with Crippen molar-refractivity contribution < 1.29 is 24.1 Å². The van der Waals surface area contributed by atoms with Gasteiger partial charge in [-0.1, -0.05) is 25.5 Å². The van der Waals surface area contributed by atoms with Gasteiger partial charge in [0.1, 0.15) is 17.3 Å². The van der Waals surface area contributed by atoms with Gasteiger partial charge in [-0.15, -0.1) is 0 Å². The average molecular weight is 413 g/mol. The second-order valence-corrected chi connectivity index (χ2v) is 8.74. The van der Waals surface area contributed by atoms with E-state index in [4.69, 9.17) is 4.65 Å². The van der Waals surface area contributed by atoms with Crippen LogP contribution in [0.2, 0.25) is 5.82 Å². The fourth-order valence-electron chi connectivity index (χ4n) is 4.57. The highest BCUT2D eigenvalue weighted by Crippen LogP contribution is 2.37. The Labute approximate surface area is 178 Å². The van der Waals surface area contributed by atoms with Gasteiger partial charge in [-0.25, -0.2) is 0 Å². The maximum Gasteiger partial charge on any atom is 0.526 e. The summed E-state index contributed by atoms with van der Waals surface area (Å²) in [6, 6.07) is 5.29. The third-order valence-corrected chi connectivity index (χ3v) is 6.27. The Morgan fingerprint density at radius 1 is 1.23 bits per heavy atom. The number of fused-ring (bicyclic) bond motifs is 1. The molecule has 6 nitrogen and oxygen atoms in total. The Morgan fingerprint density at radius 3 is 2.73 bits per heavy atom. The Hall–Kier alpha value is -1.99. The molecular formula is C23H32BNO5. The molecule has 0 aromatic heterocycles. The molecule has 1 heterocycles. The van der Waals surface area contributed by atoms with Crippen molar-refractivity contribution in [3.8, 4) is 5.75 Å². The Balaban J connectivity index is 1.52. The van der Waals surface area contributed by atoms with Crippen molar-refractivity contribution in [2.24, 2.45) is 5.92 Å². The summed E-state index contributed by atoms with van der Waals surface area (Å²) in [5.41, 5.74) is 1.30. The van der Waals surface area contributed by atoms with E-state index in [9.17, 15) is 19.4 Å². The number of unbranched alkanes of at least 4 members (excludes halogenated alkanes) is 1. The van der Waals surface area contributed by atoms with E-state index >= 15 is 0 Å². The van der Waals surface area contributed by atoms with Crippen molar-refractivity contribution >= 4 is 24.5 Å². The summed E-state index contributed by atoms with van der Waals surface area (Å²) in [6.45, 7) is 4.46. The number of carbonyl (C=O) groups is 3. The summed E-state index contributed by atoms with van der Waals surface area (Å²) in [6.07, 6.45) is 5.36. The van der Waals surface area contributed by atoms with E-state index in [2.05, 4.69) is 12.2 Å². The topological polar surface area (TPSA) is 92.7 Å². The van der Waals surface area contributed by atoms with Gasteiger partial charge in [0.2, 0.25) is 0 Å². The Bertz CT molecular complexity index is 796. The van der Waals surface area contributed by atoms with Crippen LogP contribution in [0.4, 0.5) is 0 Å². The van der Waals surface area contributed by atoms with Crippen LogP contribution >= 0.6 is 0 Å². The Kier molecular flexibility index (Phi) is 7.84.